The summed E-state index contributed by atoms with van der Waals surface area (Å²) >= 11 is 0. The lowest BCUT2D eigenvalue weighted by Gasteiger charge is -2.27. The molecule has 144 valence electrons. The van der Waals surface area contributed by atoms with Gasteiger partial charge in [0, 0.05) is 29.7 Å². The molecule has 1 fully saturated rings. The molecule has 0 aliphatic carbocycles. The zero-order valence-electron chi connectivity index (χ0n) is 16.4. The van der Waals surface area contributed by atoms with Crippen molar-refractivity contribution in [1.29, 1.82) is 0 Å². The Hall–Kier alpha value is -3.24. The Morgan fingerprint density at radius 1 is 0.897 bits per heavy atom. The van der Waals surface area contributed by atoms with E-state index in [1.807, 2.05) is 30.0 Å². The normalized spacial score (nSPS) is 14.4. The van der Waals surface area contributed by atoms with Gasteiger partial charge in [-0.15, -0.1) is 0 Å². The topological polar surface area (TPSA) is 42.4 Å². The molecule has 4 nitrogen and oxygen atoms in total. The third kappa shape index (κ3) is 3.26. The summed E-state index contributed by atoms with van der Waals surface area (Å²) in [5.74, 6) is 0.0552. The highest BCUT2D eigenvalue weighted by atomic mass is 16.5. The van der Waals surface area contributed by atoms with Crippen LogP contribution >= 0.6 is 0 Å². The Morgan fingerprint density at radius 2 is 1.69 bits per heavy atom. The van der Waals surface area contributed by atoms with Gasteiger partial charge >= 0.3 is 0 Å². The predicted molar refractivity (Wildman–Crippen MR) is 116 cm³/mol. The summed E-state index contributed by atoms with van der Waals surface area (Å²) in [6, 6.07) is 22.7. The third-order valence-electron chi connectivity index (χ3n) is 5.56. The lowest BCUT2D eigenvalue weighted by Crippen LogP contribution is -2.40. The fourth-order valence-electron chi connectivity index (χ4n) is 4.12. The van der Waals surface area contributed by atoms with E-state index >= 15 is 0 Å². The van der Waals surface area contributed by atoms with Gasteiger partial charge < -0.3 is 9.64 Å². The van der Waals surface area contributed by atoms with Crippen LogP contribution in [-0.4, -0.2) is 42.1 Å². The van der Waals surface area contributed by atoms with Gasteiger partial charge in [0.2, 0.25) is 0 Å². The summed E-state index contributed by atoms with van der Waals surface area (Å²) in [7, 11) is 0. The molecule has 0 spiro atoms. The van der Waals surface area contributed by atoms with Crippen molar-refractivity contribution in [3.8, 4) is 11.1 Å². The van der Waals surface area contributed by atoms with Gasteiger partial charge in [-0.1, -0.05) is 42.5 Å². The average molecular weight is 382 g/mol. The van der Waals surface area contributed by atoms with E-state index in [1.165, 1.54) is 10.8 Å². The second kappa shape index (κ2) is 7.30. The van der Waals surface area contributed by atoms with Crippen LogP contribution in [-0.2, 0) is 4.74 Å². The number of pyridine rings is 1. The first kappa shape index (κ1) is 17.8. The molecule has 4 heteroatoms. The molecule has 29 heavy (non-hydrogen) atoms. The fourth-order valence-corrected chi connectivity index (χ4v) is 4.12. The molecule has 5 rings (SSSR count). The first-order valence-corrected chi connectivity index (χ1v) is 9.97. The molecule has 0 bridgehead atoms. The van der Waals surface area contributed by atoms with Crippen molar-refractivity contribution in [2.45, 2.75) is 6.92 Å². The Morgan fingerprint density at radius 3 is 2.55 bits per heavy atom. The molecule has 4 aromatic rings. The van der Waals surface area contributed by atoms with Gasteiger partial charge in [0.05, 0.1) is 18.7 Å². The van der Waals surface area contributed by atoms with Crippen molar-refractivity contribution in [1.82, 2.24) is 9.88 Å². The number of rotatable bonds is 2. The number of nitrogens with zero attached hydrogens (tertiary/aromatic N) is 2. The van der Waals surface area contributed by atoms with E-state index in [4.69, 9.17) is 9.72 Å². The van der Waals surface area contributed by atoms with E-state index in [1.54, 1.807) is 0 Å². The molecular weight excluding hydrogens is 360 g/mol. The molecule has 1 saturated heterocycles. The molecule has 1 amide bonds. The molecule has 1 aliphatic rings. The van der Waals surface area contributed by atoms with Crippen LogP contribution in [0.4, 0.5) is 0 Å². The molecule has 1 aromatic heterocycles. The third-order valence-corrected chi connectivity index (χ3v) is 5.56. The molecule has 0 atom stereocenters. The van der Waals surface area contributed by atoms with Crippen molar-refractivity contribution in [3.63, 3.8) is 0 Å². The van der Waals surface area contributed by atoms with Crippen molar-refractivity contribution < 1.29 is 9.53 Å². The molecule has 3 aromatic carbocycles. The van der Waals surface area contributed by atoms with Crippen LogP contribution in [0.5, 0.6) is 0 Å². The molecule has 1 aliphatic heterocycles. The Labute approximate surface area is 169 Å². The summed E-state index contributed by atoms with van der Waals surface area (Å²) in [5, 5.41) is 3.41. The lowest BCUT2D eigenvalue weighted by molar-refractivity contribution is 0.0303. The molecular formula is C25H22N2O2. The molecule has 0 radical (unpaired) electrons. The van der Waals surface area contributed by atoms with Gasteiger partial charge in [0.1, 0.15) is 0 Å². The Bertz CT molecular complexity index is 1220. The van der Waals surface area contributed by atoms with E-state index in [2.05, 4.69) is 48.5 Å². The number of benzene rings is 3. The van der Waals surface area contributed by atoms with Gasteiger partial charge in [-0.3, -0.25) is 9.78 Å². The second-order valence-electron chi connectivity index (χ2n) is 7.47. The second-order valence-corrected chi connectivity index (χ2v) is 7.47. The number of carbonyl (C=O) groups excluding carboxylic acids is 1. The van der Waals surface area contributed by atoms with Crippen LogP contribution in [0.25, 0.3) is 32.8 Å². The number of carbonyl (C=O) groups is 1. The molecule has 0 saturated carbocycles. The first-order valence-electron chi connectivity index (χ1n) is 9.97. The molecule has 0 unspecified atom stereocenters. The lowest BCUT2D eigenvalue weighted by atomic mass is 9.94. The number of hydrogen-bond acceptors (Lipinski definition) is 3. The van der Waals surface area contributed by atoms with Crippen LogP contribution in [0.1, 0.15) is 16.1 Å². The van der Waals surface area contributed by atoms with Crippen LogP contribution in [0.15, 0.2) is 66.7 Å². The zero-order chi connectivity index (χ0) is 19.8. The van der Waals surface area contributed by atoms with E-state index in [0.717, 1.165) is 27.7 Å². The van der Waals surface area contributed by atoms with Gasteiger partial charge in [0.25, 0.3) is 5.91 Å². The van der Waals surface area contributed by atoms with E-state index in [0.29, 0.717) is 31.9 Å². The molecule has 2 heterocycles. The van der Waals surface area contributed by atoms with Crippen molar-refractivity contribution in [2.24, 2.45) is 0 Å². The van der Waals surface area contributed by atoms with E-state index < -0.39 is 0 Å². The van der Waals surface area contributed by atoms with Crippen molar-refractivity contribution in [2.75, 3.05) is 26.3 Å². The van der Waals surface area contributed by atoms with Crippen LogP contribution in [0, 0.1) is 6.92 Å². The fraction of sp³-hybridized carbons (Fsp3) is 0.200. The largest absolute Gasteiger partial charge is 0.378 e. The summed E-state index contributed by atoms with van der Waals surface area (Å²) in [5.41, 5.74) is 4.85. The van der Waals surface area contributed by atoms with Gasteiger partial charge in [0.15, 0.2) is 0 Å². The predicted octanol–water partition coefficient (Wildman–Crippen LogP) is 4.84. The monoisotopic (exact) mass is 382 g/mol. The summed E-state index contributed by atoms with van der Waals surface area (Å²) in [4.78, 5) is 19.6. The highest BCUT2D eigenvalue weighted by Crippen LogP contribution is 2.34. The maximum Gasteiger partial charge on any atom is 0.254 e. The first-order chi connectivity index (χ1) is 14.2. The highest BCUT2D eigenvalue weighted by Gasteiger charge is 2.19. The number of amides is 1. The van der Waals surface area contributed by atoms with Crippen molar-refractivity contribution in [3.05, 3.63) is 78.0 Å². The number of hydrogen-bond donors (Lipinski definition) is 0. The van der Waals surface area contributed by atoms with Crippen LogP contribution < -0.4 is 0 Å². The maximum atomic E-state index is 13.0. The quantitative estimate of drug-likeness (QED) is 0.498. The zero-order valence-corrected chi connectivity index (χ0v) is 16.4. The standard InChI is InChI=1S/C25H22N2O2/c1-17-15-22(21-8-4-6-18-5-2-3-7-20(18)21)23-16-19(9-10-24(23)26-17)25(28)27-11-13-29-14-12-27/h2-10,15-16H,11-14H2,1H3. The van der Waals surface area contributed by atoms with Crippen molar-refractivity contribution >= 4 is 27.6 Å². The van der Waals surface area contributed by atoms with E-state index in [-0.39, 0.29) is 5.91 Å². The van der Waals surface area contributed by atoms with Gasteiger partial charge in [-0.2, -0.15) is 0 Å². The number of fused-ring (bicyclic) bond motifs is 2. The number of ether oxygens (including phenoxy) is 1. The van der Waals surface area contributed by atoms with E-state index in [9.17, 15) is 4.79 Å². The van der Waals surface area contributed by atoms with Crippen LogP contribution in [0.2, 0.25) is 0 Å². The SMILES string of the molecule is Cc1cc(-c2cccc3ccccc23)c2cc(C(=O)N3CCOCC3)ccc2n1. The highest BCUT2D eigenvalue weighted by molar-refractivity contribution is 6.07. The Kier molecular flexibility index (Phi) is 4.49. The van der Waals surface area contributed by atoms with Gasteiger partial charge in [-0.25, -0.2) is 0 Å². The smallest absolute Gasteiger partial charge is 0.254 e. The van der Waals surface area contributed by atoms with Crippen LogP contribution in [0.3, 0.4) is 0 Å². The van der Waals surface area contributed by atoms with Gasteiger partial charge in [-0.05, 0) is 53.1 Å². The maximum absolute atomic E-state index is 13.0. The minimum Gasteiger partial charge on any atom is -0.378 e. The minimum atomic E-state index is 0.0552. The Balaban J connectivity index is 1.69. The summed E-state index contributed by atoms with van der Waals surface area (Å²) in [6.45, 7) is 4.49. The number of morpholine rings is 1. The average Bonchev–Trinajstić information content (AvgIpc) is 2.78. The number of aryl methyl sites for hydroxylation is 1. The molecule has 0 N–H and O–H groups in total. The summed E-state index contributed by atoms with van der Waals surface area (Å²) < 4.78 is 5.38. The number of aromatic nitrogens is 1. The summed E-state index contributed by atoms with van der Waals surface area (Å²) in [6.07, 6.45) is 0. The minimum absolute atomic E-state index is 0.0552.